The molecule has 2 aliphatic rings. The van der Waals surface area contributed by atoms with Crippen molar-refractivity contribution < 1.29 is 0 Å². The van der Waals surface area contributed by atoms with E-state index in [9.17, 15) is 0 Å². The van der Waals surface area contributed by atoms with Crippen molar-refractivity contribution in [3.8, 4) is 0 Å². The van der Waals surface area contributed by atoms with Crippen LogP contribution in [0, 0.1) is 5.92 Å². The SMILES string of the molecule is CN1CC2CC2(I)C1. The smallest absolute Gasteiger partial charge is 0.0393 e. The second-order valence-corrected chi connectivity index (χ2v) is 5.28. The van der Waals surface area contributed by atoms with Crippen LogP contribution in [0.1, 0.15) is 6.42 Å². The first kappa shape index (κ1) is 5.47. The average Bonchev–Trinajstić information content (AvgIpc) is 2.07. The molecule has 2 heteroatoms. The number of nitrogens with zero attached hydrogens (tertiary/aromatic N) is 1. The van der Waals surface area contributed by atoms with Crippen molar-refractivity contribution in [1.82, 2.24) is 4.90 Å². The van der Waals surface area contributed by atoms with Gasteiger partial charge in [-0.2, -0.15) is 0 Å². The molecule has 8 heavy (non-hydrogen) atoms. The van der Waals surface area contributed by atoms with E-state index in [1.165, 1.54) is 19.5 Å². The maximum Gasteiger partial charge on any atom is 0.0393 e. The molecule has 2 fully saturated rings. The number of alkyl halides is 1. The molecule has 0 N–H and O–H groups in total. The van der Waals surface area contributed by atoms with Crippen LogP contribution in [0.3, 0.4) is 0 Å². The van der Waals surface area contributed by atoms with Crippen molar-refractivity contribution in [1.29, 1.82) is 0 Å². The Morgan fingerprint density at radius 1 is 1.75 bits per heavy atom. The average molecular weight is 223 g/mol. The van der Waals surface area contributed by atoms with E-state index in [4.69, 9.17) is 0 Å². The zero-order chi connectivity index (χ0) is 5.78. The highest BCUT2D eigenvalue weighted by Crippen LogP contribution is 2.56. The lowest BCUT2D eigenvalue weighted by molar-refractivity contribution is 0.379. The quantitative estimate of drug-likeness (QED) is 0.439. The van der Waals surface area contributed by atoms with Gasteiger partial charge in [0, 0.05) is 16.5 Å². The highest BCUT2D eigenvalue weighted by molar-refractivity contribution is 14.1. The Morgan fingerprint density at radius 3 is 2.75 bits per heavy atom. The summed E-state index contributed by atoms with van der Waals surface area (Å²) in [5, 5.41) is 0. The van der Waals surface area contributed by atoms with E-state index in [0.29, 0.717) is 0 Å². The summed E-state index contributed by atoms with van der Waals surface area (Å²) in [5.41, 5.74) is 0. The molecule has 2 atom stereocenters. The second kappa shape index (κ2) is 1.40. The minimum Gasteiger partial charge on any atom is -0.305 e. The highest BCUT2D eigenvalue weighted by atomic mass is 127. The molecule has 0 aromatic rings. The lowest BCUT2D eigenvalue weighted by Crippen LogP contribution is -2.19. The first-order valence-corrected chi connectivity index (χ1v) is 4.16. The highest BCUT2D eigenvalue weighted by Gasteiger charge is 2.57. The van der Waals surface area contributed by atoms with Crippen molar-refractivity contribution in [2.75, 3.05) is 20.1 Å². The zero-order valence-corrected chi connectivity index (χ0v) is 7.18. The van der Waals surface area contributed by atoms with Crippen molar-refractivity contribution in [3.05, 3.63) is 0 Å². The maximum atomic E-state index is 2.61. The van der Waals surface area contributed by atoms with E-state index in [1.807, 2.05) is 0 Å². The van der Waals surface area contributed by atoms with Gasteiger partial charge in [0.1, 0.15) is 0 Å². The van der Waals surface area contributed by atoms with Gasteiger partial charge in [-0.1, -0.05) is 22.6 Å². The Hall–Kier alpha value is 0.690. The molecule has 0 amide bonds. The van der Waals surface area contributed by atoms with Crippen LogP contribution in [-0.2, 0) is 0 Å². The van der Waals surface area contributed by atoms with E-state index in [1.54, 1.807) is 0 Å². The maximum absolute atomic E-state index is 2.61. The van der Waals surface area contributed by atoms with Gasteiger partial charge in [0.15, 0.2) is 0 Å². The molecule has 2 unspecified atom stereocenters. The molecule has 0 radical (unpaired) electrons. The first-order chi connectivity index (χ1) is 3.71. The van der Waals surface area contributed by atoms with Crippen LogP contribution in [0.2, 0.25) is 0 Å². The van der Waals surface area contributed by atoms with Gasteiger partial charge in [-0.05, 0) is 19.4 Å². The fraction of sp³-hybridized carbons (Fsp3) is 1.00. The molecule has 0 spiro atoms. The van der Waals surface area contributed by atoms with Crippen LogP contribution in [0.25, 0.3) is 0 Å². The Bertz CT molecular complexity index is 126. The molecule has 0 aromatic carbocycles. The zero-order valence-electron chi connectivity index (χ0n) is 5.02. The lowest BCUT2D eigenvalue weighted by Gasteiger charge is -2.09. The molecular weight excluding hydrogens is 213 g/mol. The van der Waals surface area contributed by atoms with Gasteiger partial charge >= 0.3 is 0 Å². The van der Waals surface area contributed by atoms with Crippen LogP contribution in [0.4, 0.5) is 0 Å². The van der Waals surface area contributed by atoms with Crippen molar-refractivity contribution in [2.24, 2.45) is 5.92 Å². The number of rotatable bonds is 0. The minimum absolute atomic E-state index is 0.729. The number of piperidine rings is 1. The van der Waals surface area contributed by atoms with E-state index in [-0.39, 0.29) is 0 Å². The summed E-state index contributed by atoms with van der Waals surface area (Å²) >= 11 is 2.61. The second-order valence-electron chi connectivity index (χ2n) is 3.13. The molecule has 1 aliphatic heterocycles. The van der Waals surface area contributed by atoms with Gasteiger partial charge in [0.05, 0.1) is 0 Å². The third-order valence-corrected chi connectivity index (χ3v) is 3.88. The number of likely N-dealkylation sites (tertiary alicyclic amines) is 1. The molecule has 0 aromatic heterocycles. The van der Waals surface area contributed by atoms with Crippen LogP contribution >= 0.6 is 22.6 Å². The van der Waals surface area contributed by atoms with E-state index in [2.05, 4.69) is 34.5 Å². The summed E-state index contributed by atoms with van der Waals surface area (Å²) in [4.78, 5) is 2.43. The van der Waals surface area contributed by atoms with Crippen LogP contribution in [-0.4, -0.2) is 28.5 Å². The molecule has 2 rings (SSSR count). The molecule has 1 aliphatic carbocycles. The van der Waals surface area contributed by atoms with Gasteiger partial charge in [-0.25, -0.2) is 0 Å². The van der Waals surface area contributed by atoms with Crippen molar-refractivity contribution in [2.45, 2.75) is 9.84 Å². The van der Waals surface area contributed by atoms with Crippen LogP contribution in [0.5, 0.6) is 0 Å². The largest absolute Gasteiger partial charge is 0.305 e. The predicted octanol–water partition coefficient (Wildman–Crippen LogP) is 1.13. The van der Waals surface area contributed by atoms with Crippen LogP contribution < -0.4 is 0 Å². The fourth-order valence-corrected chi connectivity index (χ4v) is 2.97. The summed E-state index contributed by atoms with van der Waals surface area (Å²) in [6.07, 6.45) is 1.48. The third-order valence-electron chi connectivity index (χ3n) is 2.22. The number of hydrogen-bond donors (Lipinski definition) is 0. The van der Waals surface area contributed by atoms with Crippen LogP contribution in [0.15, 0.2) is 0 Å². The Morgan fingerprint density at radius 2 is 2.50 bits per heavy atom. The summed E-state index contributed by atoms with van der Waals surface area (Å²) in [5.74, 6) is 1.05. The molecular formula is C6H10IN. The summed E-state index contributed by atoms with van der Waals surface area (Å²) < 4.78 is 0.729. The Balaban J connectivity index is 2.10. The van der Waals surface area contributed by atoms with Gasteiger partial charge in [0.2, 0.25) is 0 Å². The van der Waals surface area contributed by atoms with E-state index < -0.39 is 0 Å². The summed E-state index contributed by atoms with van der Waals surface area (Å²) in [6, 6.07) is 0. The van der Waals surface area contributed by atoms with Gasteiger partial charge in [-0.3, -0.25) is 0 Å². The molecule has 1 saturated carbocycles. The fourth-order valence-electron chi connectivity index (χ4n) is 1.66. The normalized spacial score (nSPS) is 54.0. The van der Waals surface area contributed by atoms with Crippen molar-refractivity contribution in [3.63, 3.8) is 0 Å². The monoisotopic (exact) mass is 223 g/mol. The molecule has 1 saturated heterocycles. The third kappa shape index (κ3) is 0.620. The van der Waals surface area contributed by atoms with E-state index >= 15 is 0 Å². The summed E-state index contributed by atoms with van der Waals surface area (Å²) in [6.45, 7) is 2.68. The van der Waals surface area contributed by atoms with Gasteiger partial charge in [-0.15, -0.1) is 0 Å². The topological polar surface area (TPSA) is 3.24 Å². The van der Waals surface area contributed by atoms with Crippen molar-refractivity contribution >= 4 is 22.6 Å². The standard InChI is InChI=1S/C6H10IN/c1-8-3-5-2-6(5,7)4-8/h5H,2-4H2,1H3. The lowest BCUT2D eigenvalue weighted by atomic mass is 10.4. The van der Waals surface area contributed by atoms with E-state index in [0.717, 1.165) is 9.34 Å². The minimum atomic E-state index is 0.729. The number of hydrogen-bond acceptors (Lipinski definition) is 1. The molecule has 46 valence electrons. The first-order valence-electron chi connectivity index (χ1n) is 3.08. The Kier molecular flexibility index (Phi) is 0.956. The summed E-state index contributed by atoms with van der Waals surface area (Å²) in [7, 11) is 2.21. The van der Waals surface area contributed by atoms with Gasteiger partial charge < -0.3 is 4.90 Å². The van der Waals surface area contributed by atoms with Gasteiger partial charge in [0.25, 0.3) is 0 Å². The number of halogens is 1. The number of fused-ring (bicyclic) bond motifs is 1. The Labute approximate surface area is 63.6 Å². The molecule has 0 bridgehead atoms. The molecule has 1 nitrogen and oxygen atoms in total. The predicted molar refractivity (Wildman–Crippen MR) is 42.4 cm³/mol. The molecule has 1 heterocycles.